The highest BCUT2D eigenvalue weighted by atomic mass is 16.5. The van der Waals surface area contributed by atoms with E-state index in [9.17, 15) is 19.2 Å². The SMILES string of the molecule is O=C1CCC(N2C(=O)c3cccc(CNC4C[C@H]5COC[C@@H](C4)N5)c3C2=O)C(=O)N1. The second kappa shape index (κ2) is 7.57. The number of piperidine rings is 2. The van der Waals surface area contributed by atoms with Gasteiger partial charge in [0.2, 0.25) is 11.8 Å². The highest BCUT2D eigenvalue weighted by Gasteiger charge is 2.45. The van der Waals surface area contributed by atoms with Crippen molar-refractivity contribution in [1.29, 1.82) is 0 Å². The van der Waals surface area contributed by atoms with Crippen molar-refractivity contribution in [3.8, 4) is 0 Å². The Hall–Kier alpha value is -2.62. The smallest absolute Gasteiger partial charge is 0.262 e. The molecule has 158 valence electrons. The number of morpholine rings is 1. The zero-order chi connectivity index (χ0) is 20.8. The van der Waals surface area contributed by atoms with Gasteiger partial charge < -0.3 is 15.4 Å². The Labute approximate surface area is 173 Å². The highest BCUT2D eigenvalue weighted by Crippen LogP contribution is 2.30. The number of hydrogen-bond donors (Lipinski definition) is 3. The van der Waals surface area contributed by atoms with Gasteiger partial charge in [-0.05, 0) is 30.9 Å². The molecule has 5 rings (SSSR count). The number of hydrogen-bond acceptors (Lipinski definition) is 7. The van der Waals surface area contributed by atoms with Gasteiger partial charge in [-0.3, -0.25) is 29.4 Å². The first-order chi connectivity index (χ1) is 14.5. The zero-order valence-electron chi connectivity index (χ0n) is 16.5. The summed E-state index contributed by atoms with van der Waals surface area (Å²) in [4.78, 5) is 50.8. The molecule has 0 saturated carbocycles. The van der Waals surface area contributed by atoms with Crippen LogP contribution < -0.4 is 16.0 Å². The molecule has 1 aromatic carbocycles. The summed E-state index contributed by atoms with van der Waals surface area (Å²) >= 11 is 0. The second-order valence-electron chi connectivity index (χ2n) is 8.43. The Morgan fingerprint density at radius 2 is 1.83 bits per heavy atom. The summed E-state index contributed by atoms with van der Waals surface area (Å²) in [7, 11) is 0. The molecule has 2 unspecified atom stereocenters. The van der Waals surface area contributed by atoms with Crippen LogP contribution >= 0.6 is 0 Å². The fourth-order valence-corrected chi connectivity index (χ4v) is 4.99. The van der Waals surface area contributed by atoms with Gasteiger partial charge in [-0.2, -0.15) is 0 Å². The van der Waals surface area contributed by atoms with Crippen LogP contribution in [0.4, 0.5) is 0 Å². The van der Waals surface area contributed by atoms with E-state index in [1.807, 2.05) is 6.07 Å². The largest absolute Gasteiger partial charge is 0.378 e. The first-order valence-electron chi connectivity index (χ1n) is 10.4. The maximum atomic E-state index is 13.2. The van der Waals surface area contributed by atoms with E-state index in [2.05, 4.69) is 16.0 Å². The van der Waals surface area contributed by atoms with Crippen molar-refractivity contribution in [3.05, 3.63) is 34.9 Å². The monoisotopic (exact) mass is 412 g/mol. The number of benzene rings is 1. The van der Waals surface area contributed by atoms with Crippen LogP contribution in [0.3, 0.4) is 0 Å². The Kier molecular flexibility index (Phi) is 4.88. The quantitative estimate of drug-likeness (QED) is 0.581. The van der Waals surface area contributed by atoms with Gasteiger partial charge in [0, 0.05) is 31.1 Å². The number of fused-ring (bicyclic) bond motifs is 3. The summed E-state index contributed by atoms with van der Waals surface area (Å²) in [6, 6.07) is 5.26. The van der Waals surface area contributed by atoms with Crippen molar-refractivity contribution >= 4 is 23.6 Å². The zero-order valence-corrected chi connectivity index (χ0v) is 16.5. The average molecular weight is 412 g/mol. The topological polar surface area (TPSA) is 117 Å². The lowest BCUT2D eigenvalue weighted by Crippen LogP contribution is -2.57. The predicted octanol–water partition coefficient (Wildman–Crippen LogP) is -0.303. The Bertz CT molecular complexity index is 920. The third-order valence-electron chi connectivity index (χ3n) is 6.38. The Balaban J connectivity index is 1.33. The van der Waals surface area contributed by atoms with Crippen molar-refractivity contribution in [2.75, 3.05) is 13.2 Å². The standard InChI is InChI=1S/C21H24N4O5/c26-17-5-4-16(19(27)24-17)25-20(28)15-3-1-2-11(18(15)21(25)29)8-22-12-6-13-9-30-10-14(7-12)23-13/h1-3,12-14,16,22-23H,4-10H2,(H,24,26,27)/t12?,13-,14+,16?. The summed E-state index contributed by atoms with van der Waals surface area (Å²) in [5.41, 5.74) is 1.43. The number of rotatable bonds is 4. The number of nitrogens with zero attached hydrogens (tertiary/aromatic N) is 1. The van der Waals surface area contributed by atoms with Crippen LogP contribution in [0.2, 0.25) is 0 Å². The molecule has 0 aromatic heterocycles. The number of carbonyl (C=O) groups is 4. The summed E-state index contributed by atoms with van der Waals surface area (Å²) in [5.74, 6) is -1.91. The van der Waals surface area contributed by atoms with Crippen molar-refractivity contribution in [3.63, 3.8) is 0 Å². The lowest BCUT2D eigenvalue weighted by Gasteiger charge is -2.40. The summed E-state index contributed by atoms with van der Waals surface area (Å²) < 4.78 is 5.59. The number of amides is 4. The van der Waals surface area contributed by atoms with E-state index in [1.165, 1.54) is 0 Å². The van der Waals surface area contributed by atoms with Crippen molar-refractivity contribution in [2.24, 2.45) is 0 Å². The van der Waals surface area contributed by atoms with Gasteiger partial charge in [0.1, 0.15) is 6.04 Å². The average Bonchev–Trinajstić information content (AvgIpc) is 2.97. The van der Waals surface area contributed by atoms with E-state index in [1.54, 1.807) is 12.1 Å². The molecule has 30 heavy (non-hydrogen) atoms. The minimum absolute atomic E-state index is 0.111. The highest BCUT2D eigenvalue weighted by molar-refractivity contribution is 6.24. The van der Waals surface area contributed by atoms with Crippen LogP contribution in [0.15, 0.2) is 18.2 Å². The van der Waals surface area contributed by atoms with Gasteiger partial charge in [-0.1, -0.05) is 12.1 Å². The van der Waals surface area contributed by atoms with Gasteiger partial charge in [0.15, 0.2) is 0 Å². The third kappa shape index (κ3) is 3.32. The molecular formula is C21H24N4O5. The molecular weight excluding hydrogens is 388 g/mol. The molecule has 0 aliphatic carbocycles. The van der Waals surface area contributed by atoms with E-state index in [0.717, 1.165) is 23.3 Å². The van der Waals surface area contributed by atoms with Gasteiger partial charge in [0.05, 0.1) is 24.3 Å². The molecule has 3 N–H and O–H groups in total. The molecule has 4 aliphatic heterocycles. The van der Waals surface area contributed by atoms with E-state index in [0.29, 0.717) is 49.0 Å². The maximum absolute atomic E-state index is 13.2. The number of imide groups is 2. The molecule has 3 saturated heterocycles. The van der Waals surface area contributed by atoms with Crippen LogP contribution in [0.1, 0.15) is 52.0 Å². The van der Waals surface area contributed by atoms with Gasteiger partial charge >= 0.3 is 0 Å². The lowest BCUT2D eigenvalue weighted by molar-refractivity contribution is -0.136. The van der Waals surface area contributed by atoms with E-state index < -0.39 is 23.8 Å². The summed E-state index contributed by atoms with van der Waals surface area (Å²) in [5, 5.41) is 9.32. The van der Waals surface area contributed by atoms with Gasteiger partial charge in [0.25, 0.3) is 11.8 Å². The molecule has 1 aromatic rings. The first kappa shape index (κ1) is 19.3. The fraction of sp³-hybridized carbons (Fsp3) is 0.524. The minimum Gasteiger partial charge on any atom is -0.378 e. The van der Waals surface area contributed by atoms with E-state index in [4.69, 9.17) is 4.74 Å². The summed E-state index contributed by atoms with van der Waals surface area (Å²) in [6.45, 7) is 1.89. The number of carbonyl (C=O) groups excluding carboxylic acids is 4. The normalized spacial score (nSPS) is 31.0. The third-order valence-corrected chi connectivity index (χ3v) is 6.38. The second-order valence-corrected chi connectivity index (χ2v) is 8.43. The molecule has 4 atom stereocenters. The molecule has 4 heterocycles. The van der Waals surface area contributed by atoms with E-state index >= 15 is 0 Å². The molecule has 9 nitrogen and oxygen atoms in total. The Morgan fingerprint density at radius 1 is 1.07 bits per heavy atom. The fourth-order valence-electron chi connectivity index (χ4n) is 4.99. The molecule has 3 fully saturated rings. The van der Waals surface area contributed by atoms with Crippen LogP contribution in [0.25, 0.3) is 0 Å². The van der Waals surface area contributed by atoms with Crippen LogP contribution in [-0.4, -0.2) is 65.9 Å². The number of ether oxygens (including phenoxy) is 1. The van der Waals surface area contributed by atoms with E-state index in [-0.39, 0.29) is 18.7 Å². The molecule has 2 bridgehead atoms. The molecule has 4 amide bonds. The van der Waals surface area contributed by atoms with Crippen LogP contribution in [0.5, 0.6) is 0 Å². The first-order valence-corrected chi connectivity index (χ1v) is 10.4. The minimum atomic E-state index is -0.945. The number of nitrogens with one attached hydrogen (secondary N) is 3. The van der Waals surface area contributed by atoms with Crippen molar-refractivity contribution in [1.82, 2.24) is 20.9 Å². The lowest BCUT2D eigenvalue weighted by atomic mass is 9.92. The molecule has 9 heteroatoms. The molecule has 4 aliphatic rings. The van der Waals surface area contributed by atoms with Crippen molar-refractivity contribution < 1.29 is 23.9 Å². The van der Waals surface area contributed by atoms with Crippen molar-refractivity contribution in [2.45, 2.75) is 56.4 Å². The van der Waals surface area contributed by atoms with Crippen LogP contribution in [0, 0.1) is 0 Å². The van der Waals surface area contributed by atoms with Gasteiger partial charge in [-0.25, -0.2) is 0 Å². The molecule has 0 spiro atoms. The summed E-state index contributed by atoms with van der Waals surface area (Å²) in [6.07, 6.45) is 2.16. The maximum Gasteiger partial charge on any atom is 0.262 e. The Morgan fingerprint density at radius 3 is 2.57 bits per heavy atom. The predicted molar refractivity (Wildman–Crippen MR) is 105 cm³/mol. The molecule has 0 radical (unpaired) electrons. The van der Waals surface area contributed by atoms with Gasteiger partial charge in [-0.15, -0.1) is 0 Å². The van der Waals surface area contributed by atoms with Crippen LogP contribution in [-0.2, 0) is 20.9 Å².